The molecule has 5 amide bonds. The molecule has 12 nitrogen and oxygen atoms in total. The van der Waals surface area contributed by atoms with Crippen LogP contribution in [0.4, 0.5) is 21.9 Å². The molecule has 13 heteroatoms. The third kappa shape index (κ3) is 6.19. The number of ether oxygens (including phenoxy) is 2. The first kappa shape index (κ1) is 26.8. The second-order valence-corrected chi connectivity index (χ2v) is 8.42. The number of non-ortho nitro benzene ring substituents is 1. The van der Waals surface area contributed by atoms with Crippen LogP contribution >= 0.6 is 11.6 Å². The summed E-state index contributed by atoms with van der Waals surface area (Å²) in [5.74, 6) is -1.75. The molecule has 3 aromatic rings. The third-order valence-corrected chi connectivity index (χ3v) is 5.64. The number of nitro benzene ring substituents is 1. The third-order valence-electron chi connectivity index (χ3n) is 5.40. The molecule has 0 unspecified atom stereocenters. The van der Waals surface area contributed by atoms with Crippen molar-refractivity contribution in [2.45, 2.75) is 0 Å². The lowest BCUT2D eigenvalue weighted by Gasteiger charge is -2.26. The lowest BCUT2D eigenvalue weighted by atomic mass is 10.1. The molecule has 198 valence electrons. The van der Waals surface area contributed by atoms with Crippen molar-refractivity contribution >= 4 is 58.5 Å². The summed E-state index contributed by atoms with van der Waals surface area (Å²) in [6, 6.07) is 14.8. The van der Waals surface area contributed by atoms with Gasteiger partial charge in [-0.3, -0.25) is 29.8 Å². The summed E-state index contributed by atoms with van der Waals surface area (Å²) < 4.78 is 10.7. The Labute approximate surface area is 225 Å². The Morgan fingerprint density at radius 2 is 1.85 bits per heavy atom. The quantitative estimate of drug-likeness (QED) is 0.185. The molecule has 0 radical (unpaired) electrons. The van der Waals surface area contributed by atoms with Gasteiger partial charge in [-0.15, -0.1) is 0 Å². The molecule has 0 spiro atoms. The number of nitrogens with zero attached hydrogens (tertiary/aromatic N) is 2. The number of hydrogen-bond donors (Lipinski definition) is 2. The van der Waals surface area contributed by atoms with Gasteiger partial charge in [-0.2, -0.15) is 0 Å². The molecule has 1 aliphatic rings. The predicted molar refractivity (Wildman–Crippen MR) is 141 cm³/mol. The number of benzene rings is 3. The van der Waals surface area contributed by atoms with Crippen molar-refractivity contribution < 1.29 is 33.6 Å². The van der Waals surface area contributed by atoms with Crippen molar-refractivity contribution in [3.63, 3.8) is 0 Å². The van der Waals surface area contributed by atoms with Gasteiger partial charge in [0.1, 0.15) is 17.1 Å². The average molecular weight is 551 g/mol. The summed E-state index contributed by atoms with van der Waals surface area (Å²) in [4.78, 5) is 61.7. The molecule has 2 N–H and O–H groups in total. The lowest BCUT2D eigenvalue weighted by molar-refractivity contribution is -0.384. The van der Waals surface area contributed by atoms with E-state index in [1.807, 2.05) is 5.32 Å². The molecule has 4 rings (SSSR count). The van der Waals surface area contributed by atoms with Crippen LogP contribution in [0.25, 0.3) is 6.08 Å². The zero-order valence-electron chi connectivity index (χ0n) is 20.2. The molecule has 1 fully saturated rings. The molecule has 3 aromatic carbocycles. The highest BCUT2D eigenvalue weighted by molar-refractivity contribution is 6.39. The van der Waals surface area contributed by atoms with Crippen LogP contribution in [0.1, 0.15) is 5.56 Å². The van der Waals surface area contributed by atoms with Crippen molar-refractivity contribution in [1.29, 1.82) is 0 Å². The summed E-state index contributed by atoms with van der Waals surface area (Å²) in [5.41, 5.74) is -0.238. The number of nitro groups is 1. The van der Waals surface area contributed by atoms with Gasteiger partial charge in [-0.05, 0) is 54.6 Å². The van der Waals surface area contributed by atoms with Gasteiger partial charge in [0.15, 0.2) is 6.61 Å². The maximum atomic E-state index is 13.2. The van der Waals surface area contributed by atoms with E-state index in [0.29, 0.717) is 16.3 Å². The number of hydrogen-bond acceptors (Lipinski definition) is 8. The van der Waals surface area contributed by atoms with Crippen molar-refractivity contribution in [2.24, 2.45) is 0 Å². The molecule has 0 atom stereocenters. The van der Waals surface area contributed by atoms with Gasteiger partial charge in [0.05, 0.1) is 17.7 Å². The maximum Gasteiger partial charge on any atom is 0.335 e. The van der Waals surface area contributed by atoms with Crippen LogP contribution in [0, 0.1) is 10.1 Å². The summed E-state index contributed by atoms with van der Waals surface area (Å²) in [5, 5.41) is 16.1. The molecular weight excluding hydrogens is 532 g/mol. The van der Waals surface area contributed by atoms with E-state index < -0.39 is 40.9 Å². The minimum absolute atomic E-state index is 0.108. The van der Waals surface area contributed by atoms with Crippen LogP contribution in [-0.2, 0) is 14.4 Å². The van der Waals surface area contributed by atoms with E-state index in [-0.39, 0.29) is 27.7 Å². The number of anilines is 2. The SMILES string of the molecule is COc1ccc(NC(=O)COc2ccc(Cl)cc2/C=C2/C(=O)NC(=O)N(c3cccc([N+](=O)[O-])c3)C2=O)cc1. The lowest BCUT2D eigenvalue weighted by Crippen LogP contribution is -2.54. The molecule has 1 heterocycles. The fourth-order valence-corrected chi connectivity index (χ4v) is 3.75. The number of nitrogens with one attached hydrogen (secondary N) is 2. The van der Waals surface area contributed by atoms with Gasteiger partial charge in [-0.1, -0.05) is 17.7 Å². The van der Waals surface area contributed by atoms with Crippen LogP contribution in [0.15, 0.2) is 72.3 Å². The van der Waals surface area contributed by atoms with E-state index in [1.165, 1.54) is 43.5 Å². The molecule has 1 aliphatic heterocycles. The minimum Gasteiger partial charge on any atom is -0.497 e. The molecule has 0 saturated carbocycles. The van der Waals surface area contributed by atoms with E-state index in [4.69, 9.17) is 21.1 Å². The van der Waals surface area contributed by atoms with E-state index in [9.17, 15) is 29.3 Å². The number of methoxy groups -OCH3 is 1. The fourth-order valence-electron chi connectivity index (χ4n) is 3.57. The Morgan fingerprint density at radius 1 is 1.10 bits per heavy atom. The summed E-state index contributed by atoms with van der Waals surface area (Å²) in [6.45, 7) is -0.414. The first-order valence-corrected chi connectivity index (χ1v) is 11.6. The first-order valence-electron chi connectivity index (χ1n) is 11.2. The standard InChI is InChI=1S/C26H19ClN4O8/c1-38-20-8-6-17(7-9-20)28-23(32)14-39-22-10-5-16(27)11-15(22)12-21-24(33)29-26(35)30(25(21)34)18-3-2-4-19(13-18)31(36)37/h2-13H,14H2,1H3,(H,28,32)(H,29,33,35)/b21-12-. The van der Waals surface area contributed by atoms with Crippen molar-refractivity contribution in [2.75, 3.05) is 23.9 Å². The van der Waals surface area contributed by atoms with Crippen LogP contribution in [0.3, 0.4) is 0 Å². The largest absolute Gasteiger partial charge is 0.497 e. The second kappa shape index (κ2) is 11.4. The average Bonchev–Trinajstić information content (AvgIpc) is 2.91. The molecule has 0 aromatic heterocycles. The molecule has 1 saturated heterocycles. The molecular formula is C26H19ClN4O8. The number of carbonyl (C=O) groups is 4. The second-order valence-electron chi connectivity index (χ2n) is 7.98. The summed E-state index contributed by atoms with van der Waals surface area (Å²) >= 11 is 6.11. The van der Waals surface area contributed by atoms with Gasteiger partial charge >= 0.3 is 6.03 Å². The topological polar surface area (TPSA) is 157 Å². The number of halogens is 1. The zero-order chi connectivity index (χ0) is 28.1. The van der Waals surface area contributed by atoms with E-state index >= 15 is 0 Å². The van der Waals surface area contributed by atoms with Gasteiger partial charge in [0.25, 0.3) is 23.4 Å². The number of urea groups is 1. The molecule has 0 bridgehead atoms. The molecule has 0 aliphatic carbocycles. The normalized spacial score (nSPS) is 14.2. The highest BCUT2D eigenvalue weighted by atomic mass is 35.5. The van der Waals surface area contributed by atoms with E-state index in [0.717, 1.165) is 12.1 Å². The Hall–Kier alpha value is -5.23. The summed E-state index contributed by atoms with van der Waals surface area (Å²) in [7, 11) is 1.52. The number of amides is 5. The van der Waals surface area contributed by atoms with Gasteiger partial charge in [0, 0.05) is 28.4 Å². The van der Waals surface area contributed by atoms with E-state index in [2.05, 4.69) is 5.32 Å². The molecule has 39 heavy (non-hydrogen) atoms. The Kier molecular flexibility index (Phi) is 7.87. The van der Waals surface area contributed by atoms with Gasteiger partial charge < -0.3 is 14.8 Å². The number of carbonyl (C=O) groups excluding carboxylic acids is 4. The predicted octanol–water partition coefficient (Wildman–Crippen LogP) is 3.94. The van der Waals surface area contributed by atoms with Gasteiger partial charge in [0.2, 0.25) is 0 Å². The van der Waals surface area contributed by atoms with Crippen LogP contribution < -0.4 is 25.0 Å². The van der Waals surface area contributed by atoms with Crippen molar-refractivity contribution in [3.8, 4) is 11.5 Å². The number of rotatable bonds is 8. The maximum absolute atomic E-state index is 13.2. The zero-order valence-corrected chi connectivity index (χ0v) is 20.9. The highest BCUT2D eigenvalue weighted by Gasteiger charge is 2.37. The minimum atomic E-state index is -1.07. The van der Waals surface area contributed by atoms with E-state index in [1.54, 1.807) is 24.3 Å². The summed E-state index contributed by atoms with van der Waals surface area (Å²) in [6.07, 6.45) is 1.15. The highest BCUT2D eigenvalue weighted by Crippen LogP contribution is 2.29. The smallest absolute Gasteiger partial charge is 0.335 e. The first-order chi connectivity index (χ1) is 18.7. The van der Waals surface area contributed by atoms with Crippen LogP contribution in [-0.4, -0.2) is 42.4 Å². The number of barbiturate groups is 1. The monoisotopic (exact) mass is 550 g/mol. The van der Waals surface area contributed by atoms with Crippen LogP contribution in [0.5, 0.6) is 11.5 Å². The Balaban J connectivity index is 1.57. The fraction of sp³-hybridized carbons (Fsp3) is 0.0769. The van der Waals surface area contributed by atoms with Gasteiger partial charge in [-0.25, -0.2) is 9.69 Å². The van der Waals surface area contributed by atoms with Crippen molar-refractivity contribution in [3.05, 3.63) is 93.0 Å². The number of imide groups is 2. The van der Waals surface area contributed by atoms with Crippen LogP contribution in [0.2, 0.25) is 5.02 Å². The van der Waals surface area contributed by atoms with Crippen molar-refractivity contribution in [1.82, 2.24) is 5.32 Å². The Bertz CT molecular complexity index is 1520. The Morgan fingerprint density at radius 3 is 2.54 bits per heavy atom.